The molecule has 1 aliphatic rings. The maximum atomic E-state index is 14.1. The molecule has 0 N–H and O–H groups in total. The topological polar surface area (TPSA) is 64.4 Å². The second kappa shape index (κ2) is 7.31. The summed E-state index contributed by atoms with van der Waals surface area (Å²) in [6, 6.07) is 9.64. The SMILES string of the molecule is N#Cc1ccc(N2CC(=O)N(Cc3ccc(C(F)(F)F)cc3)CC2=O)c(F)c1. The third-order valence-corrected chi connectivity index (χ3v) is 4.30. The van der Waals surface area contributed by atoms with E-state index in [1.54, 1.807) is 6.07 Å². The van der Waals surface area contributed by atoms with Crippen molar-refractivity contribution in [2.45, 2.75) is 12.7 Å². The van der Waals surface area contributed by atoms with Crippen molar-refractivity contribution >= 4 is 17.5 Å². The zero-order valence-corrected chi connectivity index (χ0v) is 14.3. The van der Waals surface area contributed by atoms with Gasteiger partial charge in [-0.2, -0.15) is 18.4 Å². The first-order valence-electron chi connectivity index (χ1n) is 8.13. The number of carbonyl (C=O) groups excluding carboxylic acids is 2. The smallest absolute Gasteiger partial charge is 0.327 e. The summed E-state index contributed by atoms with van der Waals surface area (Å²) in [6.45, 7) is -0.770. The summed E-state index contributed by atoms with van der Waals surface area (Å²) in [5.41, 5.74) is -0.389. The molecular formula is C19H13F4N3O2. The summed E-state index contributed by atoms with van der Waals surface area (Å²) in [7, 11) is 0. The minimum Gasteiger partial charge on any atom is -0.327 e. The number of alkyl halides is 3. The number of carbonyl (C=O) groups is 2. The zero-order valence-electron chi connectivity index (χ0n) is 14.3. The Morgan fingerprint density at radius 2 is 1.68 bits per heavy atom. The average molecular weight is 391 g/mol. The Kier molecular flexibility index (Phi) is 5.05. The van der Waals surface area contributed by atoms with E-state index in [0.717, 1.165) is 23.1 Å². The number of hydrogen-bond acceptors (Lipinski definition) is 3. The summed E-state index contributed by atoms with van der Waals surface area (Å²) < 4.78 is 52.0. The van der Waals surface area contributed by atoms with Crippen LogP contribution in [0.4, 0.5) is 23.2 Å². The molecule has 3 rings (SSSR count). The predicted octanol–water partition coefficient (Wildman–Crippen LogP) is 3.09. The Balaban J connectivity index is 1.73. The van der Waals surface area contributed by atoms with E-state index in [0.29, 0.717) is 5.56 Å². The number of nitriles is 1. The number of halogens is 4. The monoisotopic (exact) mass is 391 g/mol. The number of amides is 2. The van der Waals surface area contributed by atoms with Crippen LogP contribution in [-0.4, -0.2) is 29.8 Å². The van der Waals surface area contributed by atoms with E-state index >= 15 is 0 Å². The Morgan fingerprint density at radius 1 is 1.00 bits per heavy atom. The molecule has 0 unspecified atom stereocenters. The molecule has 1 fully saturated rings. The van der Waals surface area contributed by atoms with Gasteiger partial charge in [-0.05, 0) is 35.9 Å². The van der Waals surface area contributed by atoms with Crippen molar-refractivity contribution in [2.24, 2.45) is 0 Å². The lowest BCUT2D eigenvalue weighted by Gasteiger charge is -2.34. The first-order valence-corrected chi connectivity index (χ1v) is 8.13. The van der Waals surface area contributed by atoms with Gasteiger partial charge in [0.15, 0.2) is 0 Å². The van der Waals surface area contributed by atoms with Gasteiger partial charge < -0.3 is 4.90 Å². The third-order valence-electron chi connectivity index (χ3n) is 4.30. The lowest BCUT2D eigenvalue weighted by molar-refractivity contribution is -0.139. The van der Waals surface area contributed by atoms with Crippen LogP contribution < -0.4 is 4.90 Å². The quantitative estimate of drug-likeness (QED) is 0.756. The molecule has 0 saturated carbocycles. The first-order chi connectivity index (χ1) is 13.2. The van der Waals surface area contributed by atoms with Crippen LogP contribution in [0.15, 0.2) is 42.5 Å². The fourth-order valence-electron chi connectivity index (χ4n) is 2.84. The van der Waals surface area contributed by atoms with E-state index in [1.807, 2.05) is 0 Å². The van der Waals surface area contributed by atoms with E-state index in [-0.39, 0.29) is 24.3 Å². The molecule has 1 heterocycles. The van der Waals surface area contributed by atoms with Gasteiger partial charge in [0.2, 0.25) is 11.8 Å². The molecule has 0 radical (unpaired) electrons. The Labute approximate surface area is 157 Å². The highest BCUT2D eigenvalue weighted by Crippen LogP contribution is 2.29. The minimum absolute atomic E-state index is 0.0353. The summed E-state index contributed by atoms with van der Waals surface area (Å²) in [6.07, 6.45) is -4.46. The van der Waals surface area contributed by atoms with E-state index in [2.05, 4.69) is 0 Å². The van der Waals surface area contributed by atoms with Crippen molar-refractivity contribution in [3.05, 3.63) is 65.0 Å². The van der Waals surface area contributed by atoms with Crippen LogP contribution in [0, 0.1) is 17.1 Å². The van der Waals surface area contributed by atoms with Crippen molar-refractivity contribution in [1.29, 1.82) is 5.26 Å². The molecule has 2 amide bonds. The van der Waals surface area contributed by atoms with Gasteiger partial charge in [-0.1, -0.05) is 12.1 Å². The molecule has 0 aromatic heterocycles. The molecule has 9 heteroatoms. The lowest BCUT2D eigenvalue weighted by atomic mass is 10.1. The normalized spacial score (nSPS) is 15.0. The highest BCUT2D eigenvalue weighted by molar-refractivity contribution is 6.04. The van der Waals surface area contributed by atoms with Crippen molar-refractivity contribution < 1.29 is 27.2 Å². The average Bonchev–Trinajstić information content (AvgIpc) is 2.64. The van der Waals surface area contributed by atoms with E-state index < -0.39 is 35.9 Å². The molecule has 0 bridgehead atoms. The van der Waals surface area contributed by atoms with Crippen LogP contribution in [0.2, 0.25) is 0 Å². The van der Waals surface area contributed by atoms with Gasteiger partial charge in [-0.3, -0.25) is 14.5 Å². The number of hydrogen-bond donors (Lipinski definition) is 0. The molecule has 5 nitrogen and oxygen atoms in total. The van der Waals surface area contributed by atoms with Crippen LogP contribution in [-0.2, 0) is 22.3 Å². The molecule has 1 aliphatic heterocycles. The second-order valence-corrected chi connectivity index (χ2v) is 6.20. The highest BCUT2D eigenvalue weighted by atomic mass is 19.4. The largest absolute Gasteiger partial charge is 0.416 e. The first kappa shape index (κ1) is 19.4. The number of anilines is 1. The van der Waals surface area contributed by atoms with Gasteiger partial charge in [0, 0.05) is 6.54 Å². The number of rotatable bonds is 3. The van der Waals surface area contributed by atoms with Crippen molar-refractivity contribution in [2.75, 3.05) is 18.0 Å². The predicted molar refractivity (Wildman–Crippen MR) is 90.3 cm³/mol. The molecular weight excluding hydrogens is 378 g/mol. The second-order valence-electron chi connectivity index (χ2n) is 6.20. The molecule has 144 valence electrons. The fourth-order valence-corrected chi connectivity index (χ4v) is 2.84. The van der Waals surface area contributed by atoms with Gasteiger partial charge in [0.05, 0.1) is 22.9 Å². The molecule has 0 aliphatic carbocycles. The molecule has 2 aromatic rings. The van der Waals surface area contributed by atoms with E-state index in [1.165, 1.54) is 29.2 Å². The number of piperazine rings is 1. The fraction of sp³-hybridized carbons (Fsp3) is 0.211. The summed E-state index contributed by atoms with van der Waals surface area (Å²) in [4.78, 5) is 26.9. The van der Waals surface area contributed by atoms with Gasteiger partial charge >= 0.3 is 6.18 Å². The van der Waals surface area contributed by atoms with Crippen LogP contribution in [0.25, 0.3) is 0 Å². The Bertz CT molecular complexity index is 965. The van der Waals surface area contributed by atoms with Gasteiger partial charge in [0.1, 0.15) is 18.9 Å². The van der Waals surface area contributed by atoms with Crippen molar-refractivity contribution in [3.8, 4) is 6.07 Å². The van der Waals surface area contributed by atoms with Crippen LogP contribution in [0.5, 0.6) is 0 Å². The van der Waals surface area contributed by atoms with E-state index in [4.69, 9.17) is 5.26 Å². The zero-order chi connectivity index (χ0) is 20.5. The molecule has 0 atom stereocenters. The molecule has 28 heavy (non-hydrogen) atoms. The standard InChI is InChI=1S/C19H13F4N3O2/c20-15-7-13(8-24)3-6-16(15)26-11-17(27)25(10-18(26)28)9-12-1-4-14(5-2-12)19(21,22)23/h1-7H,9-11H2. The number of nitrogens with zero attached hydrogens (tertiary/aromatic N) is 3. The molecule has 1 saturated heterocycles. The molecule has 2 aromatic carbocycles. The van der Waals surface area contributed by atoms with Crippen LogP contribution in [0.1, 0.15) is 16.7 Å². The Hall–Kier alpha value is -3.41. The highest BCUT2D eigenvalue weighted by Gasteiger charge is 2.33. The van der Waals surface area contributed by atoms with Gasteiger partial charge in [-0.25, -0.2) is 4.39 Å². The summed E-state index contributed by atoms with van der Waals surface area (Å²) in [5, 5.41) is 8.77. The number of benzene rings is 2. The Morgan fingerprint density at radius 3 is 2.25 bits per heavy atom. The molecule has 0 spiro atoms. The van der Waals surface area contributed by atoms with Crippen molar-refractivity contribution in [1.82, 2.24) is 4.90 Å². The van der Waals surface area contributed by atoms with Gasteiger partial charge in [-0.15, -0.1) is 0 Å². The van der Waals surface area contributed by atoms with Gasteiger partial charge in [0.25, 0.3) is 0 Å². The van der Waals surface area contributed by atoms with Crippen LogP contribution >= 0.6 is 0 Å². The summed E-state index contributed by atoms with van der Waals surface area (Å²) in [5.74, 6) is -1.80. The van der Waals surface area contributed by atoms with E-state index in [9.17, 15) is 27.2 Å². The summed E-state index contributed by atoms with van der Waals surface area (Å²) >= 11 is 0. The maximum Gasteiger partial charge on any atom is 0.416 e. The van der Waals surface area contributed by atoms with Crippen molar-refractivity contribution in [3.63, 3.8) is 0 Å². The lowest BCUT2D eigenvalue weighted by Crippen LogP contribution is -2.53. The maximum absolute atomic E-state index is 14.1. The van der Waals surface area contributed by atoms with Crippen LogP contribution in [0.3, 0.4) is 0 Å². The minimum atomic E-state index is -4.46. The third kappa shape index (κ3) is 3.96.